The van der Waals surface area contributed by atoms with Crippen LogP contribution in [0.3, 0.4) is 0 Å². The van der Waals surface area contributed by atoms with Crippen LogP contribution in [0.2, 0.25) is 0 Å². The van der Waals surface area contributed by atoms with Gasteiger partial charge in [-0.25, -0.2) is 0 Å². The molecule has 110 valence electrons. The highest BCUT2D eigenvalue weighted by Crippen LogP contribution is 2.08. The van der Waals surface area contributed by atoms with Gasteiger partial charge in [0.05, 0.1) is 0 Å². The first-order valence-corrected chi connectivity index (χ1v) is 8.22. The van der Waals surface area contributed by atoms with Crippen molar-refractivity contribution < 1.29 is 4.48 Å². The van der Waals surface area contributed by atoms with Gasteiger partial charge in [0.1, 0.15) is 0 Å². The lowest BCUT2D eigenvalue weighted by Crippen LogP contribution is -2.16. The van der Waals surface area contributed by atoms with Crippen molar-refractivity contribution in [2.75, 3.05) is 13.1 Å². The molecule has 0 fully saturated rings. The maximum atomic E-state index is 13.4. The van der Waals surface area contributed by atoms with Gasteiger partial charge in [-0.1, -0.05) is 78.1 Å². The van der Waals surface area contributed by atoms with Gasteiger partial charge >= 0.3 is 0 Å². The van der Waals surface area contributed by atoms with Crippen LogP contribution < -0.4 is 0 Å². The molecule has 0 spiro atoms. The van der Waals surface area contributed by atoms with Crippen LogP contribution in [0.25, 0.3) is 0 Å². The molecule has 18 heavy (non-hydrogen) atoms. The highest BCUT2D eigenvalue weighted by Gasteiger charge is 2.01. The Labute approximate surface area is 114 Å². The first kappa shape index (κ1) is 17.9. The lowest BCUT2D eigenvalue weighted by molar-refractivity contribution is 0.0217. The minimum absolute atomic E-state index is 0.640. The molecular weight excluding hydrogens is 225 g/mol. The summed E-state index contributed by atoms with van der Waals surface area (Å²) in [6, 6.07) is 0. The van der Waals surface area contributed by atoms with E-state index in [0.717, 1.165) is 18.0 Å². The molecule has 0 unspecified atom stereocenters. The smallest absolute Gasteiger partial charge is 0.0290 e. The molecule has 0 aromatic heterocycles. The highest BCUT2D eigenvalue weighted by molar-refractivity contribution is 4.51. The summed E-state index contributed by atoms with van der Waals surface area (Å²) < 4.78 is 13.4. The Morgan fingerprint density at radius 3 is 1.28 bits per heavy atom. The molecule has 0 aromatic carbocycles. The maximum Gasteiger partial charge on any atom is 0.0290 e. The fourth-order valence-corrected chi connectivity index (χ4v) is 2.24. The van der Waals surface area contributed by atoms with Gasteiger partial charge in [0.15, 0.2) is 0 Å². The summed E-state index contributed by atoms with van der Waals surface area (Å²) in [6.07, 6.45) is 14.9. The number of nitrogens with zero attached hydrogens (tertiary/aromatic N) is 1. The molecule has 0 aliphatic carbocycles. The van der Waals surface area contributed by atoms with Crippen LogP contribution in [0.4, 0.5) is 4.48 Å². The van der Waals surface area contributed by atoms with Crippen molar-refractivity contribution in [3.05, 3.63) is 0 Å². The average molecular weight is 259 g/mol. The second kappa shape index (κ2) is 14.9. The largest absolute Gasteiger partial charge is 0.146 e. The van der Waals surface area contributed by atoms with Crippen LogP contribution in [0.5, 0.6) is 0 Å². The molecule has 0 atom stereocenters. The molecule has 2 heteroatoms. The standard InChI is InChI=1S/C16H34FN/c1-3-5-7-9-11-13-15-18(17)16-14-12-10-8-6-4-2/h3-16H2,1-2H3. The summed E-state index contributed by atoms with van der Waals surface area (Å²) in [6.45, 7) is 5.73. The molecular formula is C16H34FN. The third kappa shape index (κ3) is 14.0. The Morgan fingerprint density at radius 2 is 0.889 bits per heavy atom. The molecule has 0 heterocycles. The first-order valence-electron chi connectivity index (χ1n) is 8.22. The number of hydrogen-bond acceptors (Lipinski definition) is 1. The van der Waals surface area contributed by atoms with Gasteiger partial charge in [-0.05, 0) is 12.8 Å². The summed E-state index contributed by atoms with van der Waals surface area (Å²) in [5.41, 5.74) is 0. The van der Waals surface area contributed by atoms with Crippen LogP contribution in [0, 0.1) is 0 Å². The van der Waals surface area contributed by atoms with Crippen molar-refractivity contribution in [3.8, 4) is 0 Å². The average Bonchev–Trinajstić information content (AvgIpc) is 2.38. The second-order valence-electron chi connectivity index (χ2n) is 5.45. The summed E-state index contributed by atoms with van der Waals surface area (Å²) in [5.74, 6) is 0. The van der Waals surface area contributed by atoms with Crippen LogP contribution in [0.15, 0.2) is 0 Å². The number of unbranched alkanes of at least 4 members (excludes halogenated alkanes) is 10. The first-order chi connectivity index (χ1) is 8.81. The van der Waals surface area contributed by atoms with Gasteiger partial charge in [-0.3, -0.25) is 0 Å². The van der Waals surface area contributed by atoms with E-state index < -0.39 is 0 Å². The summed E-state index contributed by atoms with van der Waals surface area (Å²) in [4.78, 5) is 0. The molecule has 0 aliphatic heterocycles. The zero-order chi connectivity index (χ0) is 13.5. The molecule has 0 N–H and O–H groups in total. The van der Waals surface area contributed by atoms with Gasteiger partial charge < -0.3 is 0 Å². The molecule has 0 aromatic rings. The molecule has 0 amide bonds. The Bertz CT molecular complexity index is 134. The van der Waals surface area contributed by atoms with Crippen LogP contribution >= 0.6 is 0 Å². The molecule has 0 saturated carbocycles. The van der Waals surface area contributed by atoms with Crippen molar-refractivity contribution in [1.82, 2.24) is 5.12 Å². The topological polar surface area (TPSA) is 3.24 Å². The minimum atomic E-state index is 0.640. The van der Waals surface area contributed by atoms with Crippen molar-refractivity contribution in [2.24, 2.45) is 0 Å². The van der Waals surface area contributed by atoms with Crippen molar-refractivity contribution in [3.63, 3.8) is 0 Å². The monoisotopic (exact) mass is 259 g/mol. The SMILES string of the molecule is CCCCCCCCN(F)CCCCCCCC. The zero-order valence-electron chi connectivity index (χ0n) is 12.7. The number of hydrogen-bond donors (Lipinski definition) is 0. The van der Waals surface area contributed by atoms with Gasteiger partial charge in [-0.15, -0.1) is 9.60 Å². The summed E-state index contributed by atoms with van der Waals surface area (Å²) >= 11 is 0. The molecule has 0 bridgehead atoms. The van der Waals surface area contributed by atoms with E-state index in [9.17, 15) is 4.48 Å². The van der Waals surface area contributed by atoms with Gasteiger partial charge in [-0.2, -0.15) is 0 Å². The predicted molar refractivity (Wildman–Crippen MR) is 79.4 cm³/mol. The van der Waals surface area contributed by atoms with E-state index in [2.05, 4.69) is 13.8 Å². The molecule has 1 nitrogen and oxygen atoms in total. The maximum absolute atomic E-state index is 13.4. The van der Waals surface area contributed by atoms with E-state index in [0.29, 0.717) is 13.1 Å². The van der Waals surface area contributed by atoms with E-state index in [1.54, 1.807) is 0 Å². The summed E-state index contributed by atoms with van der Waals surface area (Å²) in [7, 11) is 0. The second-order valence-corrected chi connectivity index (χ2v) is 5.45. The van der Waals surface area contributed by atoms with Crippen LogP contribution in [0.1, 0.15) is 90.9 Å². The molecule has 0 saturated heterocycles. The highest BCUT2D eigenvalue weighted by atomic mass is 19.2. The Hall–Kier alpha value is -0.110. The Kier molecular flexibility index (Phi) is 14.9. The van der Waals surface area contributed by atoms with Crippen molar-refractivity contribution in [2.45, 2.75) is 90.9 Å². The normalized spacial score (nSPS) is 11.3. The van der Waals surface area contributed by atoms with Crippen LogP contribution in [-0.2, 0) is 0 Å². The fourth-order valence-electron chi connectivity index (χ4n) is 2.24. The Balaban J connectivity index is 3.10. The molecule has 0 radical (unpaired) electrons. The van der Waals surface area contributed by atoms with Gasteiger partial charge in [0.2, 0.25) is 0 Å². The van der Waals surface area contributed by atoms with E-state index in [4.69, 9.17) is 0 Å². The minimum Gasteiger partial charge on any atom is -0.146 e. The zero-order valence-corrected chi connectivity index (χ0v) is 12.7. The lowest BCUT2D eigenvalue weighted by atomic mass is 10.1. The van der Waals surface area contributed by atoms with Crippen molar-refractivity contribution >= 4 is 0 Å². The molecule has 0 aliphatic rings. The van der Waals surface area contributed by atoms with E-state index in [-0.39, 0.29) is 0 Å². The number of rotatable bonds is 14. The quantitative estimate of drug-likeness (QED) is 0.277. The Morgan fingerprint density at radius 1 is 0.556 bits per heavy atom. The van der Waals surface area contributed by atoms with E-state index >= 15 is 0 Å². The third-order valence-electron chi connectivity index (χ3n) is 3.51. The van der Waals surface area contributed by atoms with Gasteiger partial charge in [0, 0.05) is 13.1 Å². The predicted octanol–water partition coefficient (Wildman–Crippen LogP) is 5.89. The van der Waals surface area contributed by atoms with E-state index in [1.807, 2.05) is 0 Å². The van der Waals surface area contributed by atoms with E-state index in [1.165, 1.54) is 64.2 Å². The summed E-state index contributed by atoms with van der Waals surface area (Å²) in [5, 5.41) is 1.03. The number of halogens is 1. The van der Waals surface area contributed by atoms with Crippen molar-refractivity contribution in [1.29, 1.82) is 0 Å². The fraction of sp³-hybridized carbons (Fsp3) is 1.00. The van der Waals surface area contributed by atoms with Gasteiger partial charge in [0.25, 0.3) is 0 Å². The third-order valence-corrected chi connectivity index (χ3v) is 3.51. The van der Waals surface area contributed by atoms with Crippen LogP contribution in [-0.4, -0.2) is 18.2 Å². The molecule has 0 rings (SSSR count). The lowest BCUT2D eigenvalue weighted by Gasteiger charge is -2.11.